The number of hydrogen-bond acceptors (Lipinski definition) is 5. The first-order valence-electron chi connectivity index (χ1n) is 7.68. The third kappa shape index (κ3) is 6.38. The lowest BCUT2D eigenvalue weighted by molar-refractivity contribution is -0.138. The molecule has 1 heterocycles. The summed E-state index contributed by atoms with van der Waals surface area (Å²) < 4.78 is 32.1. The number of rotatable bonds is 5. The van der Waals surface area contributed by atoms with Crippen molar-refractivity contribution in [2.75, 3.05) is 0 Å². The van der Waals surface area contributed by atoms with E-state index in [1.54, 1.807) is 43.6 Å². The molecule has 0 atom stereocenters. The number of carbonyl (C=O) groups excluding carboxylic acids is 1. The lowest BCUT2D eigenvalue weighted by Gasteiger charge is -2.22. The maximum atomic E-state index is 14.3. The van der Waals surface area contributed by atoms with E-state index in [2.05, 4.69) is 0 Å². The Morgan fingerprint density at radius 3 is 2.37 bits per heavy atom. The summed E-state index contributed by atoms with van der Waals surface area (Å²) in [7, 11) is 0. The largest absolute Gasteiger partial charge is 0.335 e. The zero-order valence-corrected chi connectivity index (χ0v) is 16.1. The van der Waals surface area contributed by atoms with Crippen molar-refractivity contribution in [2.24, 2.45) is 5.41 Å². The Bertz CT molecular complexity index is 893. The van der Waals surface area contributed by atoms with Gasteiger partial charge in [-0.3, -0.25) is 14.8 Å². The minimum atomic E-state index is -0.889. The van der Waals surface area contributed by atoms with Gasteiger partial charge in [0.25, 0.3) is 5.56 Å². The first-order chi connectivity index (χ1) is 12.7. The van der Waals surface area contributed by atoms with E-state index in [-0.39, 0.29) is 24.1 Å². The number of nitrogens with one attached hydrogen (secondary N) is 1. The smallest absolute Gasteiger partial charge is 0.313 e. The van der Waals surface area contributed by atoms with Crippen LogP contribution < -0.4 is 11.0 Å². The minimum absolute atomic E-state index is 0.150. The van der Waals surface area contributed by atoms with Crippen LogP contribution in [-0.4, -0.2) is 24.1 Å². The van der Waals surface area contributed by atoms with Crippen LogP contribution in [0.2, 0.25) is 5.02 Å². The summed E-state index contributed by atoms with van der Waals surface area (Å²) in [6, 6.07) is 7.74. The van der Waals surface area contributed by atoms with Crippen molar-refractivity contribution >= 4 is 29.1 Å². The average Bonchev–Trinajstić information content (AvgIpc) is 2.63. The van der Waals surface area contributed by atoms with E-state index in [9.17, 15) is 14.0 Å². The molecule has 1 aromatic heterocycles. The summed E-state index contributed by atoms with van der Waals surface area (Å²) in [6.45, 7) is 3.40. The molecule has 0 radical (unpaired) electrons. The Hall–Kier alpha value is -2.36. The van der Waals surface area contributed by atoms with Gasteiger partial charge in [-0.05, 0) is 24.1 Å². The summed E-state index contributed by atoms with van der Waals surface area (Å²) in [6.07, 6.45) is 1.39. The second-order valence-electron chi connectivity index (χ2n) is 6.22. The van der Waals surface area contributed by atoms with Crippen molar-refractivity contribution in [3.63, 3.8) is 0 Å². The zero-order chi connectivity index (χ0) is 20.6. The second-order valence-corrected chi connectivity index (χ2v) is 6.79. The Balaban J connectivity index is 0.00000114. The minimum Gasteiger partial charge on any atom is -0.313 e. The molecule has 146 valence electrons. The number of aromatic nitrogens is 1. The molecule has 0 spiro atoms. The van der Waals surface area contributed by atoms with Gasteiger partial charge >= 0.3 is 11.6 Å². The van der Waals surface area contributed by atoms with E-state index in [0.717, 1.165) is 6.20 Å². The maximum Gasteiger partial charge on any atom is 0.335 e. The Kier molecular flexibility index (Phi) is 8.48. The van der Waals surface area contributed by atoms with Crippen molar-refractivity contribution in [3.05, 3.63) is 57.7 Å². The van der Waals surface area contributed by atoms with E-state index in [4.69, 9.17) is 25.2 Å². The van der Waals surface area contributed by atoms with E-state index in [1.807, 2.05) is 0 Å². The molecule has 1 aromatic carbocycles. The first-order valence-corrected chi connectivity index (χ1v) is 8.73. The van der Waals surface area contributed by atoms with Crippen molar-refractivity contribution in [3.8, 4) is 11.1 Å². The van der Waals surface area contributed by atoms with E-state index in [0.29, 0.717) is 10.6 Å². The highest BCUT2D eigenvalue weighted by Crippen LogP contribution is 2.24. The molecule has 0 fully saturated rings. The van der Waals surface area contributed by atoms with Crippen LogP contribution >= 0.6 is 11.6 Å². The highest BCUT2D eigenvalue weighted by Gasteiger charge is 2.27. The lowest BCUT2D eigenvalue weighted by atomic mass is 9.88. The van der Waals surface area contributed by atoms with Crippen LogP contribution in [0.4, 0.5) is 4.39 Å². The molecular weight excluding hydrogens is 399 g/mol. The molecule has 0 saturated heterocycles. The number of nitrogens with zero attached hydrogens (tertiary/aromatic N) is 1. The first kappa shape index (κ1) is 22.7. The van der Waals surface area contributed by atoms with Gasteiger partial charge in [-0.15, -0.1) is 0 Å². The van der Waals surface area contributed by atoms with Gasteiger partial charge < -0.3 is 4.57 Å². The fourth-order valence-corrected chi connectivity index (χ4v) is 2.36. The molecule has 7 nitrogen and oxygen atoms in total. The summed E-state index contributed by atoms with van der Waals surface area (Å²) in [5, 5.41) is 9.24. The number of hydroxylamine groups is 1. The molecule has 0 bridgehead atoms. The number of aryl methyl sites for hydroxylation is 1. The molecule has 10 heteroatoms. The third-order valence-corrected chi connectivity index (χ3v) is 4.18. The van der Waals surface area contributed by atoms with Crippen LogP contribution in [-0.2, 0) is 22.9 Å². The third-order valence-electron chi connectivity index (χ3n) is 3.93. The summed E-state index contributed by atoms with van der Waals surface area (Å²) >= 11 is 5.06. The normalized spacial score (nSPS) is 10.6. The molecule has 2 rings (SSSR count). The average molecular weight is 417 g/mol. The summed E-state index contributed by atoms with van der Waals surface area (Å²) in [4.78, 5) is 23.7. The van der Waals surface area contributed by atoms with Gasteiger partial charge in [0, 0.05) is 34.8 Å². The predicted molar refractivity (Wildman–Crippen MR) is 98.4 cm³/mol. The quantitative estimate of drug-likeness (QED) is 0.575. The van der Waals surface area contributed by atoms with Crippen LogP contribution in [0.15, 0.2) is 41.3 Å². The van der Waals surface area contributed by atoms with E-state index < -0.39 is 28.7 Å². The molecule has 0 unspecified atom stereocenters. The van der Waals surface area contributed by atoms with Gasteiger partial charge in [0.1, 0.15) is 5.82 Å². The SMILES string of the molecule is CC(C)(CCn1cc(F)c(-c2ccc(Cl)cc2)cc1=O)C(=O)NO.O=S=O. The Labute approximate surface area is 163 Å². The number of halogens is 2. The predicted octanol–water partition coefficient (Wildman–Crippen LogP) is 2.56. The fraction of sp³-hybridized carbons (Fsp3) is 0.294. The monoisotopic (exact) mass is 416 g/mol. The number of carbonyl (C=O) groups is 1. The molecule has 0 aliphatic heterocycles. The van der Waals surface area contributed by atoms with Gasteiger partial charge in [0.05, 0.1) is 0 Å². The second kappa shape index (κ2) is 10.1. The molecule has 0 aliphatic carbocycles. The molecule has 2 aromatic rings. The van der Waals surface area contributed by atoms with Gasteiger partial charge in [0.2, 0.25) is 5.91 Å². The fourth-order valence-electron chi connectivity index (χ4n) is 2.24. The van der Waals surface area contributed by atoms with E-state index >= 15 is 0 Å². The number of amides is 1. The Morgan fingerprint density at radius 1 is 1.30 bits per heavy atom. The van der Waals surface area contributed by atoms with Crippen molar-refractivity contribution in [1.82, 2.24) is 10.0 Å². The number of benzene rings is 1. The van der Waals surface area contributed by atoms with Gasteiger partial charge in [-0.1, -0.05) is 37.6 Å². The van der Waals surface area contributed by atoms with Crippen LogP contribution in [0.25, 0.3) is 11.1 Å². The molecule has 2 N–H and O–H groups in total. The highest BCUT2D eigenvalue weighted by molar-refractivity contribution is 7.51. The summed E-state index contributed by atoms with van der Waals surface area (Å²) in [5.74, 6) is -1.10. The molecule has 27 heavy (non-hydrogen) atoms. The van der Waals surface area contributed by atoms with Crippen LogP contribution in [0.5, 0.6) is 0 Å². The van der Waals surface area contributed by atoms with Crippen LogP contribution in [0.1, 0.15) is 20.3 Å². The number of pyridine rings is 1. The van der Waals surface area contributed by atoms with Crippen molar-refractivity contribution in [2.45, 2.75) is 26.8 Å². The zero-order valence-electron chi connectivity index (χ0n) is 14.6. The van der Waals surface area contributed by atoms with Crippen molar-refractivity contribution in [1.29, 1.82) is 0 Å². The standard InChI is InChI=1S/C17H18ClFN2O3.O2S/c1-17(2,16(23)20-24)7-8-21-10-14(19)13(9-15(21)22)11-3-5-12(18)6-4-11;1-3-2/h3-6,9-10,24H,7-8H2,1-2H3,(H,20,23);. The summed E-state index contributed by atoms with van der Waals surface area (Å²) in [5.41, 5.74) is 1.08. The van der Waals surface area contributed by atoms with E-state index in [1.165, 1.54) is 10.6 Å². The van der Waals surface area contributed by atoms with Gasteiger partial charge in [0.15, 0.2) is 0 Å². The molecular formula is C17H18ClFN2O5S. The highest BCUT2D eigenvalue weighted by atomic mass is 35.5. The van der Waals surface area contributed by atoms with Crippen LogP contribution in [0, 0.1) is 11.2 Å². The van der Waals surface area contributed by atoms with Crippen molar-refractivity contribution < 1.29 is 22.8 Å². The molecule has 0 aliphatic rings. The topological polar surface area (TPSA) is 105 Å². The number of hydrogen-bond donors (Lipinski definition) is 2. The molecule has 0 saturated carbocycles. The lowest BCUT2D eigenvalue weighted by Crippen LogP contribution is -2.36. The maximum absolute atomic E-state index is 14.3. The Morgan fingerprint density at radius 2 is 1.85 bits per heavy atom. The van der Waals surface area contributed by atoms with Gasteiger partial charge in [-0.25, -0.2) is 9.87 Å². The van der Waals surface area contributed by atoms with Crippen LogP contribution in [0.3, 0.4) is 0 Å². The molecule has 1 amide bonds. The van der Waals surface area contributed by atoms with Gasteiger partial charge in [-0.2, -0.15) is 8.42 Å².